The van der Waals surface area contributed by atoms with Gasteiger partial charge in [0.2, 0.25) is 0 Å². The van der Waals surface area contributed by atoms with Gasteiger partial charge in [0.05, 0.1) is 5.56 Å². The molecular weight excluding hydrogens is 460 g/mol. The number of halogens is 4. The van der Waals surface area contributed by atoms with Crippen LogP contribution in [0.1, 0.15) is 23.9 Å². The summed E-state index contributed by atoms with van der Waals surface area (Å²) in [4.78, 5) is 4.42. The van der Waals surface area contributed by atoms with Gasteiger partial charge in [0.25, 0.3) is 0 Å². The summed E-state index contributed by atoms with van der Waals surface area (Å²) in [6.07, 6.45) is -2.11. The van der Waals surface area contributed by atoms with Gasteiger partial charge in [-0.2, -0.15) is 13.2 Å². The van der Waals surface area contributed by atoms with Crippen LogP contribution in [0.5, 0.6) is 0 Å². The van der Waals surface area contributed by atoms with Gasteiger partial charge in [-0.25, -0.2) is 4.99 Å². The lowest BCUT2D eigenvalue weighted by Crippen LogP contribution is -2.38. The highest BCUT2D eigenvalue weighted by atomic mass is 127. The average molecular weight is 482 g/mol. The highest BCUT2D eigenvalue weighted by Crippen LogP contribution is 2.29. The number of aryl methyl sites for hydroxylation is 1. The lowest BCUT2D eigenvalue weighted by molar-refractivity contribution is -0.137. The van der Waals surface area contributed by atoms with Crippen LogP contribution >= 0.6 is 24.0 Å². The molecule has 1 aromatic heterocycles. The van der Waals surface area contributed by atoms with Crippen molar-refractivity contribution in [1.82, 2.24) is 25.4 Å². The van der Waals surface area contributed by atoms with Gasteiger partial charge >= 0.3 is 6.18 Å². The van der Waals surface area contributed by atoms with Crippen molar-refractivity contribution in [3.8, 4) is 0 Å². The van der Waals surface area contributed by atoms with E-state index in [0.717, 1.165) is 23.5 Å². The highest BCUT2D eigenvalue weighted by molar-refractivity contribution is 14.0. The Kier molecular flexibility index (Phi) is 8.82. The third kappa shape index (κ3) is 6.81. The first kappa shape index (κ1) is 22.2. The molecule has 0 fully saturated rings. The summed E-state index contributed by atoms with van der Waals surface area (Å²) in [6, 6.07) is 5.19. The van der Waals surface area contributed by atoms with Crippen molar-refractivity contribution < 1.29 is 13.2 Å². The van der Waals surface area contributed by atoms with E-state index in [-0.39, 0.29) is 24.0 Å². The third-order valence-corrected chi connectivity index (χ3v) is 3.52. The van der Waals surface area contributed by atoms with Crippen LogP contribution in [0.15, 0.2) is 35.6 Å². The first-order chi connectivity index (χ1) is 11.9. The molecule has 2 aromatic rings. The molecule has 0 amide bonds. The van der Waals surface area contributed by atoms with Crippen LogP contribution < -0.4 is 10.6 Å². The first-order valence-corrected chi connectivity index (χ1v) is 7.91. The van der Waals surface area contributed by atoms with Crippen molar-refractivity contribution in [3.05, 3.63) is 47.5 Å². The quantitative estimate of drug-likeness (QED) is 0.378. The molecule has 2 N–H and O–H groups in total. The fourth-order valence-corrected chi connectivity index (χ4v) is 2.13. The van der Waals surface area contributed by atoms with E-state index in [4.69, 9.17) is 0 Å². The number of guanidine groups is 1. The molecule has 0 saturated carbocycles. The van der Waals surface area contributed by atoms with Crippen molar-refractivity contribution in [2.45, 2.75) is 26.1 Å². The van der Waals surface area contributed by atoms with E-state index in [0.29, 0.717) is 32.0 Å². The second-order valence-electron chi connectivity index (χ2n) is 5.42. The van der Waals surface area contributed by atoms with Gasteiger partial charge in [-0.1, -0.05) is 12.1 Å². The third-order valence-electron chi connectivity index (χ3n) is 3.52. The van der Waals surface area contributed by atoms with Crippen molar-refractivity contribution >= 4 is 29.9 Å². The van der Waals surface area contributed by atoms with Gasteiger partial charge in [0.15, 0.2) is 11.8 Å². The number of hydrogen-bond acceptors (Lipinski definition) is 3. The zero-order valence-electron chi connectivity index (χ0n) is 14.5. The molecule has 1 aromatic carbocycles. The van der Waals surface area contributed by atoms with E-state index in [1.807, 2.05) is 14.0 Å². The van der Waals surface area contributed by atoms with Crippen molar-refractivity contribution in [3.63, 3.8) is 0 Å². The van der Waals surface area contributed by atoms with E-state index in [1.165, 1.54) is 12.1 Å². The maximum absolute atomic E-state index is 12.5. The number of hydrogen-bond donors (Lipinski definition) is 2. The second-order valence-corrected chi connectivity index (χ2v) is 5.42. The number of nitrogens with one attached hydrogen (secondary N) is 2. The number of aliphatic imine (C=N–C) groups is 1. The van der Waals surface area contributed by atoms with Gasteiger partial charge in [-0.3, -0.25) is 0 Å². The Morgan fingerprint density at radius 1 is 1.19 bits per heavy atom. The Labute approximate surface area is 167 Å². The van der Waals surface area contributed by atoms with E-state index in [9.17, 15) is 13.2 Å². The molecule has 0 saturated heterocycles. The van der Waals surface area contributed by atoms with Gasteiger partial charge in [-0.05, 0) is 31.0 Å². The molecule has 0 bridgehead atoms. The molecule has 0 spiro atoms. The summed E-state index contributed by atoms with van der Waals surface area (Å²) in [5.74, 6) is 1.36. The predicted octanol–water partition coefficient (Wildman–Crippen LogP) is 2.75. The van der Waals surface area contributed by atoms with Crippen LogP contribution in [0.4, 0.5) is 13.2 Å². The lowest BCUT2D eigenvalue weighted by Gasteiger charge is -2.12. The molecule has 2 rings (SSSR count). The number of aromatic nitrogens is 3. The van der Waals surface area contributed by atoms with Crippen LogP contribution in [0.3, 0.4) is 0 Å². The number of nitrogens with zero attached hydrogens (tertiary/aromatic N) is 4. The molecule has 0 aliphatic rings. The van der Waals surface area contributed by atoms with Crippen LogP contribution in [-0.4, -0.2) is 33.8 Å². The molecular formula is C16H22F3IN6. The molecule has 0 unspecified atom stereocenters. The Morgan fingerprint density at radius 3 is 2.42 bits per heavy atom. The lowest BCUT2D eigenvalue weighted by atomic mass is 10.1. The zero-order valence-corrected chi connectivity index (χ0v) is 16.9. The number of benzene rings is 1. The van der Waals surface area contributed by atoms with Gasteiger partial charge in [-0.15, -0.1) is 34.2 Å². The number of rotatable bonds is 6. The van der Waals surface area contributed by atoms with Crippen molar-refractivity contribution in [2.75, 3.05) is 13.1 Å². The maximum atomic E-state index is 12.5. The van der Waals surface area contributed by atoms with E-state index in [1.54, 1.807) is 10.9 Å². The zero-order chi connectivity index (χ0) is 18.3. The Balaban J connectivity index is 0.00000338. The summed E-state index contributed by atoms with van der Waals surface area (Å²) in [6.45, 7) is 3.59. The minimum atomic E-state index is -4.30. The maximum Gasteiger partial charge on any atom is 0.416 e. The smallest absolute Gasteiger partial charge is 0.357 e. The monoisotopic (exact) mass is 482 g/mol. The molecule has 0 atom stereocenters. The van der Waals surface area contributed by atoms with Crippen LogP contribution in [0.25, 0.3) is 0 Å². The molecule has 0 radical (unpaired) electrons. The van der Waals surface area contributed by atoms with Crippen LogP contribution in [0.2, 0.25) is 0 Å². The van der Waals surface area contributed by atoms with Gasteiger partial charge < -0.3 is 15.2 Å². The molecule has 10 heteroatoms. The molecule has 26 heavy (non-hydrogen) atoms. The second kappa shape index (κ2) is 10.3. The molecule has 6 nitrogen and oxygen atoms in total. The fraction of sp³-hybridized carbons (Fsp3) is 0.438. The van der Waals surface area contributed by atoms with Crippen LogP contribution in [-0.2, 0) is 26.2 Å². The largest absolute Gasteiger partial charge is 0.416 e. The van der Waals surface area contributed by atoms with Crippen molar-refractivity contribution in [1.29, 1.82) is 0 Å². The summed E-state index contributed by atoms with van der Waals surface area (Å²) in [5, 5.41) is 14.0. The van der Waals surface area contributed by atoms with E-state index < -0.39 is 11.7 Å². The molecule has 0 aliphatic carbocycles. The van der Waals surface area contributed by atoms with Gasteiger partial charge in [0, 0.05) is 20.1 Å². The minimum absolute atomic E-state index is 0. The van der Waals surface area contributed by atoms with E-state index in [2.05, 4.69) is 25.8 Å². The summed E-state index contributed by atoms with van der Waals surface area (Å²) >= 11 is 0. The standard InChI is InChI=1S/C16H21F3N6.HI/c1-3-20-15(22-10-14-24-23-11-25(14)2)21-9-8-12-4-6-13(7-5-12)16(17,18)19;/h4-7,11H,3,8-10H2,1-2H3,(H2,20,21,22);1H. The van der Waals surface area contributed by atoms with Crippen LogP contribution in [0, 0.1) is 0 Å². The fourth-order valence-electron chi connectivity index (χ4n) is 2.13. The first-order valence-electron chi connectivity index (χ1n) is 7.91. The Bertz CT molecular complexity index is 697. The molecule has 1 heterocycles. The normalized spacial score (nSPS) is 11.8. The molecule has 144 valence electrons. The Morgan fingerprint density at radius 2 is 1.88 bits per heavy atom. The summed E-state index contributed by atoms with van der Waals surface area (Å²) in [7, 11) is 1.84. The summed E-state index contributed by atoms with van der Waals surface area (Å²) in [5.41, 5.74) is 0.187. The minimum Gasteiger partial charge on any atom is -0.357 e. The topological polar surface area (TPSA) is 67.1 Å². The summed E-state index contributed by atoms with van der Waals surface area (Å²) < 4.78 is 39.4. The molecule has 0 aliphatic heterocycles. The van der Waals surface area contributed by atoms with E-state index >= 15 is 0 Å². The average Bonchev–Trinajstić information content (AvgIpc) is 2.97. The SMILES string of the molecule is CCNC(=NCc1nncn1C)NCCc1ccc(C(F)(F)F)cc1.I. The van der Waals surface area contributed by atoms with Crippen molar-refractivity contribution in [2.24, 2.45) is 12.0 Å². The Hall–Kier alpha value is -1.85. The van der Waals surface area contributed by atoms with Gasteiger partial charge in [0.1, 0.15) is 12.9 Å². The number of alkyl halides is 3. The highest BCUT2D eigenvalue weighted by Gasteiger charge is 2.29. The predicted molar refractivity (Wildman–Crippen MR) is 104 cm³/mol.